The van der Waals surface area contributed by atoms with Crippen LogP contribution in [0.1, 0.15) is 26.7 Å². The number of nitro benzene ring substituents is 1. The first-order chi connectivity index (χ1) is 9.34. The number of methoxy groups -OCH3 is 1. The number of carbonyl (C=O) groups excluding carboxylic acids is 1. The Kier molecular flexibility index (Phi) is 5.50. The summed E-state index contributed by atoms with van der Waals surface area (Å²) in [7, 11) is 1.30. The van der Waals surface area contributed by atoms with Crippen LogP contribution in [-0.4, -0.2) is 23.5 Å². The second kappa shape index (κ2) is 6.69. The summed E-state index contributed by atoms with van der Waals surface area (Å²) in [4.78, 5) is 22.5. The minimum Gasteiger partial charge on any atom is -0.467 e. The smallest absolute Gasteiger partial charge is 0.331 e. The minimum atomic E-state index is -1.00. The summed E-state index contributed by atoms with van der Waals surface area (Å²) in [5.74, 6) is -0.450. The Morgan fingerprint density at radius 1 is 1.55 bits per heavy atom. The van der Waals surface area contributed by atoms with Crippen molar-refractivity contribution in [2.45, 2.75) is 32.2 Å². The first-order valence-electron chi connectivity index (χ1n) is 6.14. The molecule has 1 aromatic carbocycles. The zero-order valence-electron chi connectivity index (χ0n) is 11.6. The number of benzene rings is 1. The van der Waals surface area contributed by atoms with Crippen molar-refractivity contribution in [3.05, 3.63) is 32.8 Å². The lowest BCUT2D eigenvalue weighted by molar-refractivity contribution is -0.384. The van der Waals surface area contributed by atoms with Crippen LogP contribution in [0, 0.1) is 10.1 Å². The Balaban J connectivity index is 3.20. The average molecular weight is 345 g/mol. The molecule has 0 amide bonds. The molecule has 0 saturated heterocycles. The number of rotatable bonds is 6. The number of hydrogen-bond donors (Lipinski definition) is 1. The van der Waals surface area contributed by atoms with E-state index in [9.17, 15) is 14.9 Å². The third-order valence-electron chi connectivity index (χ3n) is 2.95. The second-order valence-corrected chi connectivity index (χ2v) is 5.53. The van der Waals surface area contributed by atoms with E-state index in [4.69, 9.17) is 4.74 Å². The lowest BCUT2D eigenvalue weighted by Gasteiger charge is -2.28. The molecule has 0 aromatic heterocycles. The van der Waals surface area contributed by atoms with E-state index in [1.165, 1.54) is 13.2 Å². The number of ether oxygens (including phenoxy) is 1. The van der Waals surface area contributed by atoms with Crippen molar-refractivity contribution in [3.8, 4) is 0 Å². The molecule has 0 aliphatic carbocycles. The molecule has 1 N–H and O–H groups in total. The van der Waals surface area contributed by atoms with Gasteiger partial charge in [0.15, 0.2) is 0 Å². The highest BCUT2D eigenvalue weighted by molar-refractivity contribution is 9.10. The number of carbonyl (C=O) groups is 1. The molecule has 1 aromatic rings. The summed E-state index contributed by atoms with van der Waals surface area (Å²) in [5, 5.41) is 14.0. The van der Waals surface area contributed by atoms with Crippen molar-refractivity contribution >= 4 is 33.3 Å². The highest BCUT2D eigenvalue weighted by Gasteiger charge is 2.35. The number of nitro groups is 1. The molecule has 0 fully saturated rings. The van der Waals surface area contributed by atoms with Crippen molar-refractivity contribution in [1.82, 2.24) is 0 Å². The van der Waals surface area contributed by atoms with Crippen molar-refractivity contribution in [2.24, 2.45) is 0 Å². The van der Waals surface area contributed by atoms with E-state index in [0.29, 0.717) is 10.9 Å². The molecule has 110 valence electrons. The largest absolute Gasteiger partial charge is 0.467 e. The lowest BCUT2D eigenvalue weighted by atomic mass is 9.95. The second-order valence-electron chi connectivity index (χ2n) is 4.62. The van der Waals surface area contributed by atoms with E-state index in [1.54, 1.807) is 19.1 Å². The van der Waals surface area contributed by atoms with Crippen LogP contribution in [0.2, 0.25) is 0 Å². The highest BCUT2D eigenvalue weighted by atomic mass is 79.9. The number of halogens is 1. The summed E-state index contributed by atoms with van der Waals surface area (Å²) in [6, 6.07) is 4.55. The third-order valence-corrected chi connectivity index (χ3v) is 3.45. The van der Waals surface area contributed by atoms with Gasteiger partial charge in [-0.25, -0.2) is 4.79 Å². The summed E-state index contributed by atoms with van der Waals surface area (Å²) in [6.07, 6.45) is 1.24. The number of hydrogen-bond acceptors (Lipinski definition) is 5. The first-order valence-corrected chi connectivity index (χ1v) is 6.94. The normalized spacial score (nSPS) is 13.4. The van der Waals surface area contributed by atoms with Crippen LogP contribution >= 0.6 is 15.9 Å². The van der Waals surface area contributed by atoms with E-state index in [0.717, 1.165) is 6.42 Å². The van der Waals surface area contributed by atoms with Crippen LogP contribution in [0.25, 0.3) is 0 Å². The van der Waals surface area contributed by atoms with Crippen LogP contribution in [0.15, 0.2) is 22.7 Å². The number of esters is 1. The van der Waals surface area contributed by atoms with Gasteiger partial charge < -0.3 is 10.1 Å². The van der Waals surface area contributed by atoms with Gasteiger partial charge in [-0.05, 0) is 25.5 Å². The maximum absolute atomic E-state index is 11.9. The number of anilines is 1. The van der Waals surface area contributed by atoms with Gasteiger partial charge >= 0.3 is 5.97 Å². The van der Waals surface area contributed by atoms with E-state index < -0.39 is 16.4 Å². The maximum Gasteiger partial charge on any atom is 0.331 e. The molecule has 6 nitrogen and oxygen atoms in total. The van der Waals surface area contributed by atoms with Gasteiger partial charge in [0.25, 0.3) is 5.69 Å². The van der Waals surface area contributed by atoms with Gasteiger partial charge in [-0.2, -0.15) is 0 Å². The molecule has 7 heteroatoms. The van der Waals surface area contributed by atoms with Gasteiger partial charge in [-0.3, -0.25) is 10.1 Å². The Bertz CT molecular complexity index is 521. The molecule has 1 atom stereocenters. The third kappa shape index (κ3) is 3.69. The predicted octanol–water partition coefficient (Wildman–Crippen LogP) is 3.50. The van der Waals surface area contributed by atoms with Crippen LogP contribution in [0.5, 0.6) is 0 Å². The molecule has 20 heavy (non-hydrogen) atoms. The van der Waals surface area contributed by atoms with E-state index in [1.807, 2.05) is 6.92 Å². The van der Waals surface area contributed by atoms with Crippen molar-refractivity contribution in [1.29, 1.82) is 0 Å². The number of nitrogens with one attached hydrogen (secondary N) is 1. The SMILES string of the molecule is CCCC(C)(Nc1cc(Br)ccc1[N+](=O)[O-])C(=O)OC. The molecule has 0 radical (unpaired) electrons. The minimum absolute atomic E-state index is 0.0839. The molecule has 0 aliphatic heterocycles. The van der Waals surface area contributed by atoms with Crippen LogP contribution in [-0.2, 0) is 9.53 Å². The topological polar surface area (TPSA) is 81.5 Å². The Morgan fingerprint density at radius 3 is 2.70 bits per heavy atom. The van der Waals surface area contributed by atoms with Gasteiger partial charge in [0.1, 0.15) is 11.2 Å². The quantitative estimate of drug-likeness (QED) is 0.485. The average Bonchev–Trinajstić information content (AvgIpc) is 2.37. The van der Waals surface area contributed by atoms with Gasteiger partial charge in [0.05, 0.1) is 12.0 Å². The summed E-state index contributed by atoms with van der Waals surface area (Å²) < 4.78 is 5.48. The molecular weight excluding hydrogens is 328 g/mol. The molecule has 0 aliphatic rings. The summed E-state index contributed by atoms with van der Waals surface area (Å²) in [5.41, 5.74) is -0.806. The van der Waals surface area contributed by atoms with Gasteiger partial charge in [0, 0.05) is 10.5 Å². The first kappa shape index (κ1) is 16.4. The zero-order chi connectivity index (χ0) is 15.3. The molecule has 0 heterocycles. The maximum atomic E-state index is 11.9. The molecule has 0 spiro atoms. The van der Waals surface area contributed by atoms with E-state index >= 15 is 0 Å². The monoisotopic (exact) mass is 344 g/mol. The molecule has 0 saturated carbocycles. The zero-order valence-corrected chi connectivity index (χ0v) is 13.2. The Hall–Kier alpha value is -1.63. The van der Waals surface area contributed by atoms with Crippen LogP contribution < -0.4 is 5.32 Å². The lowest BCUT2D eigenvalue weighted by Crippen LogP contribution is -2.44. The standard InChI is InChI=1S/C13H17BrN2O4/c1-4-7-13(2,12(17)20-3)15-10-8-9(14)5-6-11(10)16(18)19/h5-6,8,15H,4,7H2,1-3H3. The predicted molar refractivity (Wildman–Crippen MR) is 79.7 cm³/mol. The molecule has 0 bridgehead atoms. The number of nitrogens with zero attached hydrogens (tertiary/aromatic N) is 1. The van der Waals surface area contributed by atoms with Crippen molar-refractivity contribution < 1.29 is 14.5 Å². The molecular formula is C13H17BrN2O4. The van der Waals surface area contributed by atoms with Gasteiger partial charge in [-0.1, -0.05) is 29.3 Å². The fourth-order valence-electron chi connectivity index (χ4n) is 2.01. The van der Waals surface area contributed by atoms with Crippen molar-refractivity contribution in [2.75, 3.05) is 12.4 Å². The molecule has 1 unspecified atom stereocenters. The summed E-state index contributed by atoms with van der Waals surface area (Å²) >= 11 is 3.27. The van der Waals surface area contributed by atoms with Crippen LogP contribution in [0.4, 0.5) is 11.4 Å². The Morgan fingerprint density at radius 2 is 2.20 bits per heavy atom. The van der Waals surface area contributed by atoms with Gasteiger partial charge in [-0.15, -0.1) is 0 Å². The van der Waals surface area contributed by atoms with Crippen LogP contribution in [0.3, 0.4) is 0 Å². The molecule has 1 rings (SSSR count). The van der Waals surface area contributed by atoms with E-state index in [2.05, 4.69) is 21.2 Å². The van der Waals surface area contributed by atoms with Crippen molar-refractivity contribution in [3.63, 3.8) is 0 Å². The van der Waals surface area contributed by atoms with E-state index in [-0.39, 0.29) is 11.4 Å². The Labute approximate surface area is 125 Å². The summed E-state index contributed by atoms with van der Waals surface area (Å²) in [6.45, 7) is 3.60. The highest BCUT2D eigenvalue weighted by Crippen LogP contribution is 2.31. The fourth-order valence-corrected chi connectivity index (χ4v) is 2.37. The van der Waals surface area contributed by atoms with Gasteiger partial charge in [0.2, 0.25) is 0 Å². The fraction of sp³-hybridized carbons (Fsp3) is 0.462.